The number of hydrogen-bond donors (Lipinski definition) is 5. The minimum Gasteiger partial charge on any atom is -0.394 e. The number of ether oxygens (including phenoxy) is 1. The van der Waals surface area contributed by atoms with Crippen molar-refractivity contribution in [2.75, 3.05) is 18.9 Å². The van der Waals surface area contributed by atoms with E-state index in [1.807, 2.05) is 0 Å². The van der Waals surface area contributed by atoms with E-state index in [2.05, 4.69) is 15.0 Å². The number of fused-ring (bicyclic) bond motifs is 3. The van der Waals surface area contributed by atoms with Crippen LogP contribution in [-0.2, 0) is 13.8 Å². The molecule has 13 heteroatoms. The molecule has 0 aromatic carbocycles. The second kappa shape index (κ2) is 8.36. The molecule has 0 spiro atoms. The van der Waals surface area contributed by atoms with Crippen LogP contribution in [0.25, 0.3) is 11.2 Å². The van der Waals surface area contributed by atoms with Gasteiger partial charge in [0.05, 0.1) is 24.7 Å². The van der Waals surface area contributed by atoms with Crippen LogP contribution in [-0.4, -0.2) is 70.0 Å². The smallest absolute Gasteiger partial charge is 0.359 e. The maximum Gasteiger partial charge on any atom is 0.359 e. The van der Waals surface area contributed by atoms with Crippen LogP contribution in [0.15, 0.2) is 6.33 Å². The van der Waals surface area contributed by atoms with E-state index >= 15 is 0 Å². The third kappa shape index (κ3) is 3.97. The summed E-state index contributed by atoms with van der Waals surface area (Å²) >= 11 is 0. The molecule has 2 aromatic heterocycles. The summed E-state index contributed by atoms with van der Waals surface area (Å²) in [6, 6.07) is 0. The molecule has 0 aliphatic carbocycles. The number of nitrogens with two attached hydrogens (primary N) is 1. The van der Waals surface area contributed by atoms with Crippen molar-refractivity contribution in [3.8, 4) is 0 Å². The molecule has 12 nitrogen and oxygen atoms in total. The molecule has 2 aromatic rings. The van der Waals surface area contributed by atoms with E-state index in [0.717, 1.165) is 0 Å². The van der Waals surface area contributed by atoms with Crippen LogP contribution < -0.4 is 5.73 Å². The molecule has 0 saturated heterocycles. The van der Waals surface area contributed by atoms with Gasteiger partial charge >= 0.3 is 7.60 Å². The van der Waals surface area contributed by atoms with E-state index in [-0.39, 0.29) is 36.4 Å². The van der Waals surface area contributed by atoms with Gasteiger partial charge in [0.15, 0.2) is 28.6 Å². The number of rotatable bonds is 8. The molecular formula is C18H30N5O7P. The van der Waals surface area contributed by atoms with Crippen LogP contribution in [0.1, 0.15) is 58.5 Å². The van der Waals surface area contributed by atoms with Crippen LogP contribution in [0.5, 0.6) is 0 Å². The van der Waals surface area contributed by atoms with Crippen molar-refractivity contribution in [2.24, 2.45) is 0 Å². The molecule has 0 fully saturated rings. The van der Waals surface area contributed by atoms with Crippen LogP contribution in [0.4, 0.5) is 5.82 Å². The first-order chi connectivity index (χ1) is 14.4. The van der Waals surface area contributed by atoms with Crippen LogP contribution >= 0.6 is 7.60 Å². The highest BCUT2D eigenvalue weighted by molar-refractivity contribution is 7.54. The third-order valence-electron chi connectivity index (χ3n) is 6.10. The Kier molecular flexibility index (Phi) is 6.47. The lowest BCUT2D eigenvalue weighted by atomic mass is 9.86. The maximum absolute atomic E-state index is 12.9. The number of nitrogen functional groups attached to an aromatic ring is 1. The van der Waals surface area contributed by atoms with Crippen molar-refractivity contribution < 1.29 is 34.0 Å². The number of nitrogens with zero attached hydrogens (tertiary/aromatic N) is 4. The fraction of sp³-hybridized carbons (Fsp3) is 0.722. The normalized spacial score (nSPS) is 25.9. The molecule has 31 heavy (non-hydrogen) atoms. The zero-order valence-electron chi connectivity index (χ0n) is 18.0. The maximum atomic E-state index is 12.9. The standard InChI is InChI=1S/C18H30N5O7P/c1-5-17(3,30-31(27,28)18(4,26)6-2)10-8-29-16(11(25)7-24)23-14(10)22-12-13(19)20-9-21-15(12)23/h9-11,16,24-26H,5-8H2,1-4H3,(H,27,28)(H2,19,20,21)/t10-,11-,16-,17?,18-/m1/s1. The molecule has 3 rings (SSSR count). The number of aliphatic hydroxyl groups is 3. The molecule has 0 bridgehead atoms. The van der Waals surface area contributed by atoms with E-state index < -0.39 is 43.4 Å². The summed E-state index contributed by atoms with van der Waals surface area (Å²) in [5.41, 5.74) is 5.24. The lowest BCUT2D eigenvalue weighted by molar-refractivity contribution is -0.134. The highest BCUT2D eigenvalue weighted by Gasteiger charge is 2.51. The molecule has 0 saturated carbocycles. The third-order valence-corrected chi connectivity index (χ3v) is 8.30. The quantitative estimate of drug-likeness (QED) is 0.352. The number of anilines is 1. The lowest BCUT2D eigenvalue weighted by Crippen LogP contribution is -2.46. The number of aromatic nitrogens is 4. The Morgan fingerprint density at radius 1 is 1.39 bits per heavy atom. The van der Waals surface area contributed by atoms with Gasteiger partial charge in [-0.1, -0.05) is 13.8 Å². The monoisotopic (exact) mass is 459 g/mol. The Balaban J connectivity index is 2.15. The summed E-state index contributed by atoms with van der Waals surface area (Å²) in [4.78, 5) is 23.2. The summed E-state index contributed by atoms with van der Waals surface area (Å²) < 4.78 is 26.0. The van der Waals surface area contributed by atoms with Crippen molar-refractivity contribution in [3.05, 3.63) is 12.2 Å². The van der Waals surface area contributed by atoms with Crippen molar-refractivity contribution in [2.45, 2.75) is 69.7 Å². The van der Waals surface area contributed by atoms with Crippen molar-refractivity contribution in [1.82, 2.24) is 19.5 Å². The SMILES string of the molecule is CCC(C)(OP(=O)(O)[C@@](C)(O)CC)[C@@H]1CO[C@H]([C@H](O)CO)n2c1nc1c(N)ncnc12. The average Bonchev–Trinajstić information content (AvgIpc) is 3.13. The molecule has 3 heterocycles. The van der Waals surface area contributed by atoms with Crippen molar-refractivity contribution >= 4 is 24.6 Å². The van der Waals surface area contributed by atoms with Crippen LogP contribution in [0.2, 0.25) is 0 Å². The minimum absolute atomic E-state index is 0.0111. The first kappa shape index (κ1) is 24.0. The fourth-order valence-corrected chi connectivity index (χ4v) is 4.98. The molecule has 2 unspecified atom stereocenters. The Morgan fingerprint density at radius 3 is 2.65 bits per heavy atom. The largest absolute Gasteiger partial charge is 0.394 e. The van der Waals surface area contributed by atoms with Gasteiger partial charge in [0, 0.05) is 0 Å². The Labute approximate surface area is 179 Å². The highest BCUT2D eigenvalue weighted by atomic mass is 31.2. The predicted octanol–water partition coefficient (Wildman–Crippen LogP) is 0.863. The zero-order chi connectivity index (χ0) is 23.2. The number of imidazole rings is 1. The van der Waals surface area contributed by atoms with Gasteiger partial charge in [-0.15, -0.1) is 0 Å². The molecule has 174 valence electrons. The minimum atomic E-state index is -4.48. The van der Waals surface area contributed by atoms with Gasteiger partial charge in [0.25, 0.3) is 0 Å². The van der Waals surface area contributed by atoms with Gasteiger partial charge in [0.2, 0.25) is 0 Å². The Hall–Kier alpha value is -1.66. The van der Waals surface area contributed by atoms with E-state index in [0.29, 0.717) is 5.82 Å². The molecule has 6 N–H and O–H groups in total. The molecule has 0 radical (unpaired) electrons. The predicted molar refractivity (Wildman–Crippen MR) is 111 cm³/mol. The molecular weight excluding hydrogens is 429 g/mol. The summed E-state index contributed by atoms with van der Waals surface area (Å²) in [5.74, 6) is -0.212. The molecule has 0 amide bonds. The van der Waals surface area contributed by atoms with Crippen molar-refractivity contribution in [3.63, 3.8) is 0 Å². The first-order valence-electron chi connectivity index (χ1n) is 10.1. The van der Waals surface area contributed by atoms with Crippen LogP contribution in [0.3, 0.4) is 0 Å². The van der Waals surface area contributed by atoms with E-state index in [1.165, 1.54) is 17.8 Å². The van der Waals surface area contributed by atoms with E-state index in [1.54, 1.807) is 20.8 Å². The van der Waals surface area contributed by atoms with Gasteiger partial charge in [-0.3, -0.25) is 13.7 Å². The number of hydrogen-bond acceptors (Lipinski definition) is 10. The second-order valence-corrected chi connectivity index (χ2v) is 10.3. The highest BCUT2D eigenvalue weighted by Crippen LogP contribution is 2.60. The summed E-state index contributed by atoms with van der Waals surface area (Å²) in [6.45, 7) is 5.65. The molecule has 1 aliphatic rings. The molecule has 1 aliphatic heterocycles. The average molecular weight is 459 g/mol. The zero-order valence-corrected chi connectivity index (χ0v) is 18.9. The molecule has 6 atom stereocenters. The van der Waals surface area contributed by atoms with Crippen LogP contribution in [0, 0.1) is 0 Å². The topological polar surface area (TPSA) is 186 Å². The fourth-order valence-electron chi connectivity index (χ4n) is 3.56. The van der Waals surface area contributed by atoms with Gasteiger partial charge in [-0.25, -0.2) is 15.0 Å². The Bertz CT molecular complexity index is 999. The van der Waals surface area contributed by atoms with Gasteiger partial charge in [-0.2, -0.15) is 0 Å². The van der Waals surface area contributed by atoms with Crippen molar-refractivity contribution in [1.29, 1.82) is 0 Å². The van der Waals surface area contributed by atoms with Gasteiger partial charge in [0.1, 0.15) is 18.3 Å². The first-order valence-corrected chi connectivity index (χ1v) is 11.6. The van der Waals surface area contributed by atoms with Gasteiger partial charge in [-0.05, 0) is 26.7 Å². The Morgan fingerprint density at radius 2 is 2.06 bits per heavy atom. The summed E-state index contributed by atoms with van der Waals surface area (Å²) in [7, 11) is -4.48. The second-order valence-electron chi connectivity index (χ2n) is 8.15. The van der Waals surface area contributed by atoms with Gasteiger partial charge < -0.3 is 30.7 Å². The summed E-state index contributed by atoms with van der Waals surface area (Å²) in [6.07, 6.45) is -0.739. The van der Waals surface area contributed by atoms with E-state index in [9.17, 15) is 24.8 Å². The number of aliphatic hydroxyl groups excluding tert-OH is 2. The summed E-state index contributed by atoms with van der Waals surface area (Å²) in [5, 5.41) is 28.3. The van der Waals surface area contributed by atoms with E-state index in [4.69, 9.17) is 15.0 Å². The lowest BCUT2D eigenvalue weighted by Gasteiger charge is -2.43.